The molecule has 34 heavy (non-hydrogen) atoms. The monoisotopic (exact) mass is 457 g/mol. The number of nitrogens with two attached hydrogens (primary N) is 1. The zero-order valence-electron chi connectivity index (χ0n) is 20.8. The number of nitrogens with one attached hydrogen (secondary N) is 2. The number of carbonyl (C=O) groups excluding carboxylic acids is 1. The predicted octanol–water partition coefficient (Wildman–Crippen LogP) is 6.86. The van der Waals surface area contributed by atoms with Gasteiger partial charge < -0.3 is 16.4 Å². The van der Waals surface area contributed by atoms with Crippen LogP contribution in [0.25, 0.3) is 6.08 Å². The van der Waals surface area contributed by atoms with Crippen LogP contribution < -0.4 is 16.4 Å². The Kier molecular flexibility index (Phi) is 12.2. The molecule has 0 heterocycles. The second-order valence-electron chi connectivity index (χ2n) is 7.85. The van der Waals surface area contributed by atoms with E-state index in [9.17, 15) is 4.79 Å². The molecule has 0 aliphatic heterocycles. The Hall–Kier alpha value is -3.37. The smallest absolute Gasteiger partial charge is 0.231 e. The number of rotatable bonds is 11. The van der Waals surface area contributed by atoms with Crippen LogP contribution in [-0.2, 0) is 11.2 Å². The third-order valence-corrected chi connectivity index (χ3v) is 5.36. The van der Waals surface area contributed by atoms with E-state index in [1.807, 2.05) is 68.4 Å². The third kappa shape index (κ3) is 8.53. The fourth-order valence-electron chi connectivity index (χ4n) is 3.69. The van der Waals surface area contributed by atoms with E-state index in [1.165, 1.54) is 5.56 Å². The molecule has 0 bridgehead atoms. The number of carbonyl (C=O) groups is 1. The summed E-state index contributed by atoms with van der Waals surface area (Å²) in [5, 5.41) is 6.61. The second-order valence-corrected chi connectivity index (χ2v) is 7.85. The number of benzene rings is 3. The van der Waals surface area contributed by atoms with Crippen LogP contribution in [0.15, 0.2) is 84.9 Å². The normalized spacial score (nSPS) is 11.4. The zero-order valence-corrected chi connectivity index (χ0v) is 20.8. The van der Waals surface area contributed by atoms with Crippen LogP contribution in [0, 0.1) is 0 Å². The molecule has 180 valence electrons. The number of hydrogen-bond donors (Lipinski definition) is 3. The predicted molar refractivity (Wildman–Crippen MR) is 147 cm³/mol. The van der Waals surface area contributed by atoms with Crippen LogP contribution in [-0.4, -0.2) is 19.0 Å². The van der Waals surface area contributed by atoms with Crippen molar-refractivity contribution in [3.05, 3.63) is 102 Å². The first-order valence-electron chi connectivity index (χ1n) is 12.4. The Labute approximate surface area is 205 Å². The van der Waals surface area contributed by atoms with Gasteiger partial charge >= 0.3 is 0 Å². The lowest BCUT2D eigenvalue weighted by molar-refractivity contribution is -0.117. The molecule has 4 nitrogen and oxygen atoms in total. The first-order chi connectivity index (χ1) is 16.7. The number of anilines is 2. The molecule has 3 rings (SSSR count). The van der Waals surface area contributed by atoms with Crippen LogP contribution in [0.2, 0.25) is 0 Å². The topological polar surface area (TPSA) is 67.1 Å². The van der Waals surface area contributed by atoms with Crippen LogP contribution in [0.5, 0.6) is 0 Å². The first-order valence-corrected chi connectivity index (χ1v) is 12.4. The molecule has 3 aromatic carbocycles. The molecule has 0 aliphatic rings. The maximum Gasteiger partial charge on any atom is 0.231 e. The summed E-state index contributed by atoms with van der Waals surface area (Å²) in [6, 6.07) is 26.2. The van der Waals surface area contributed by atoms with E-state index in [0.29, 0.717) is 13.0 Å². The zero-order chi connectivity index (χ0) is 24.6. The van der Waals surface area contributed by atoms with Gasteiger partial charge in [-0.2, -0.15) is 0 Å². The summed E-state index contributed by atoms with van der Waals surface area (Å²) in [5.41, 5.74) is 11.0. The summed E-state index contributed by atoms with van der Waals surface area (Å²) in [6.07, 6.45) is 6.72. The molecule has 0 saturated carbocycles. The molecule has 0 saturated heterocycles. The van der Waals surface area contributed by atoms with Gasteiger partial charge in [-0.1, -0.05) is 93.6 Å². The molecule has 4 N–H and O–H groups in total. The molecular weight excluding hydrogens is 418 g/mol. The molecule has 1 unspecified atom stereocenters. The van der Waals surface area contributed by atoms with Crippen molar-refractivity contribution in [1.29, 1.82) is 0 Å². The maximum absolute atomic E-state index is 13.1. The molecule has 4 heteroatoms. The number of amides is 1. The van der Waals surface area contributed by atoms with E-state index in [2.05, 4.69) is 54.0 Å². The Morgan fingerprint density at radius 3 is 2.29 bits per heavy atom. The van der Waals surface area contributed by atoms with Crippen LogP contribution >= 0.6 is 0 Å². The number of hydrogen-bond acceptors (Lipinski definition) is 3. The van der Waals surface area contributed by atoms with Crippen molar-refractivity contribution in [2.45, 2.75) is 46.0 Å². The molecular formula is C30H39N3O. The van der Waals surface area contributed by atoms with Crippen molar-refractivity contribution in [1.82, 2.24) is 0 Å². The van der Waals surface area contributed by atoms with Gasteiger partial charge in [0.25, 0.3) is 0 Å². The van der Waals surface area contributed by atoms with E-state index in [4.69, 9.17) is 5.73 Å². The number of allylic oxidation sites excluding steroid dienone is 1. The van der Waals surface area contributed by atoms with Crippen molar-refractivity contribution < 1.29 is 4.79 Å². The Bertz CT molecular complexity index is 1000. The molecule has 0 radical (unpaired) electrons. The Morgan fingerprint density at radius 2 is 1.65 bits per heavy atom. The van der Waals surface area contributed by atoms with E-state index < -0.39 is 0 Å². The highest BCUT2D eigenvalue weighted by Crippen LogP contribution is 2.25. The van der Waals surface area contributed by atoms with Crippen molar-refractivity contribution in [3.8, 4) is 0 Å². The summed E-state index contributed by atoms with van der Waals surface area (Å²) in [7, 11) is 0. The summed E-state index contributed by atoms with van der Waals surface area (Å²) >= 11 is 0. The Balaban J connectivity index is 0.00000199. The molecule has 0 aromatic heterocycles. The van der Waals surface area contributed by atoms with Gasteiger partial charge in [0.15, 0.2) is 0 Å². The van der Waals surface area contributed by atoms with Gasteiger partial charge in [0.1, 0.15) is 0 Å². The van der Waals surface area contributed by atoms with Crippen LogP contribution in [0.4, 0.5) is 11.4 Å². The largest absolute Gasteiger partial charge is 0.385 e. The molecule has 0 spiro atoms. The van der Waals surface area contributed by atoms with Crippen molar-refractivity contribution in [2.75, 3.05) is 23.7 Å². The summed E-state index contributed by atoms with van der Waals surface area (Å²) in [4.78, 5) is 13.1. The summed E-state index contributed by atoms with van der Waals surface area (Å²) in [6.45, 7) is 7.52. The van der Waals surface area contributed by atoms with Gasteiger partial charge in [0.2, 0.25) is 5.91 Å². The highest BCUT2D eigenvalue weighted by molar-refractivity contribution is 5.96. The van der Waals surface area contributed by atoms with Crippen molar-refractivity contribution in [3.63, 3.8) is 0 Å². The third-order valence-electron chi connectivity index (χ3n) is 5.36. The first kappa shape index (κ1) is 26.9. The van der Waals surface area contributed by atoms with E-state index in [-0.39, 0.29) is 11.8 Å². The van der Waals surface area contributed by atoms with Gasteiger partial charge in [-0.05, 0) is 60.7 Å². The summed E-state index contributed by atoms with van der Waals surface area (Å²) in [5.74, 6) is -0.290. The van der Waals surface area contributed by atoms with E-state index in [0.717, 1.165) is 41.9 Å². The average Bonchev–Trinajstić information content (AvgIpc) is 2.89. The summed E-state index contributed by atoms with van der Waals surface area (Å²) < 4.78 is 0. The molecule has 1 atom stereocenters. The second kappa shape index (κ2) is 15.5. The van der Waals surface area contributed by atoms with E-state index >= 15 is 0 Å². The van der Waals surface area contributed by atoms with Gasteiger partial charge in [-0.15, -0.1) is 0 Å². The lowest BCUT2D eigenvalue weighted by atomic mass is 9.94. The minimum Gasteiger partial charge on any atom is -0.385 e. The quantitative estimate of drug-likeness (QED) is 0.294. The van der Waals surface area contributed by atoms with Crippen LogP contribution in [0.1, 0.15) is 56.2 Å². The average molecular weight is 458 g/mol. The molecule has 0 aliphatic carbocycles. The molecule has 0 fully saturated rings. The lowest BCUT2D eigenvalue weighted by Gasteiger charge is -2.18. The minimum atomic E-state index is -0.263. The minimum absolute atomic E-state index is 0.0262. The van der Waals surface area contributed by atoms with E-state index in [1.54, 1.807) is 0 Å². The van der Waals surface area contributed by atoms with Crippen molar-refractivity contribution >= 4 is 23.4 Å². The molecule has 3 aromatic rings. The molecule has 1 amide bonds. The standard InChI is InChI=1S/C28H33N3O.C2H6/c1-2-20-30-27-17-16-25(21-24(27)15-9-12-22-10-5-3-6-11-22)31-28(32)26(18-19-29)23-13-7-4-8-14-23;1-2/h3-14,16-17,21,26,30H,2,15,18-20,29H2,1H3,(H,31,32);1-2H3. The van der Waals surface area contributed by atoms with Crippen LogP contribution in [0.3, 0.4) is 0 Å². The Morgan fingerprint density at radius 1 is 0.971 bits per heavy atom. The SMILES string of the molecule is CC.CCCNc1ccc(NC(=O)C(CCN)c2ccccc2)cc1CC=Cc1ccccc1. The maximum atomic E-state index is 13.1. The van der Waals surface area contributed by atoms with Gasteiger partial charge in [-0.25, -0.2) is 0 Å². The lowest BCUT2D eigenvalue weighted by Crippen LogP contribution is -2.23. The fraction of sp³-hybridized carbons (Fsp3) is 0.300. The highest BCUT2D eigenvalue weighted by Gasteiger charge is 2.20. The van der Waals surface area contributed by atoms with Crippen molar-refractivity contribution in [2.24, 2.45) is 5.73 Å². The fourth-order valence-corrected chi connectivity index (χ4v) is 3.69. The van der Waals surface area contributed by atoms with Gasteiger partial charge in [0, 0.05) is 17.9 Å². The van der Waals surface area contributed by atoms with Gasteiger partial charge in [-0.3, -0.25) is 4.79 Å². The van der Waals surface area contributed by atoms with Gasteiger partial charge in [0.05, 0.1) is 5.92 Å². The highest BCUT2D eigenvalue weighted by atomic mass is 16.1.